The molecule has 6 heteroatoms. The Morgan fingerprint density at radius 2 is 2.22 bits per heavy atom. The van der Waals surface area contributed by atoms with E-state index in [1.54, 1.807) is 20.0 Å². The molecule has 0 fully saturated rings. The third kappa shape index (κ3) is 2.22. The van der Waals surface area contributed by atoms with E-state index in [-0.39, 0.29) is 0 Å². The second kappa shape index (κ2) is 4.95. The summed E-state index contributed by atoms with van der Waals surface area (Å²) in [6, 6.07) is 0. The Kier molecular flexibility index (Phi) is 3.36. The van der Waals surface area contributed by atoms with E-state index in [4.69, 9.17) is 4.74 Å². The lowest BCUT2D eigenvalue weighted by Crippen LogP contribution is -2.10. The van der Waals surface area contributed by atoms with E-state index in [0.717, 1.165) is 0 Å². The van der Waals surface area contributed by atoms with Gasteiger partial charge in [0.1, 0.15) is 0 Å². The fraction of sp³-hybridized carbons (Fsp3) is 0.333. The second-order valence-electron chi connectivity index (χ2n) is 3.77. The Bertz CT molecular complexity index is 577. The van der Waals surface area contributed by atoms with Crippen LogP contribution < -0.4 is 0 Å². The molecule has 0 atom stereocenters. The smallest absolute Gasteiger partial charge is 0.341 e. The number of aryl methyl sites for hydroxylation is 2. The van der Waals surface area contributed by atoms with Crippen LogP contribution in [-0.2, 0) is 11.8 Å². The molecule has 0 aromatic carbocycles. The molecule has 0 saturated carbocycles. The van der Waals surface area contributed by atoms with Gasteiger partial charge in [0.15, 0.2) is 11.6 Å². The van der Waals surface area contributed by atoms with Gasteiger partial charge in [-0.2, -0.15) is 0 Å². The zero-order valence-corrected chi connectivity index (χ0v) is 10.5. The number of carbonyl (C=O) groups is 1. The molecular weight excluding hydrogens is 232 g/mol. The van der Waals surface area contributed by atoms with Gasteiger partial charge in [0.05, 0.1) is 17.9 Å². The van der Waals surface area contributed by atoms with E-state index < -0.39 is 5.97 Å². The van der Waals surface area contributed by atoms with Gasteiger partial charge >= 0.3 is 5.97 Å². The maximum Gasteiger partial charge on any atom is 0.341 e. The maximum absolute atomic E-state index is 11.6. The van der Waals surface area contributed by atoms with Gasteiger partial charge in [0.25, 0.3) is 0 Å². The third-order valence-corrected chi connectivity index (χ3v) is 2.50. The lowest BCUT2D eigenvalue weighted by atomic mass is 10.2. The number of aromatic nitrogens is 4. The number of esters is 1. The Hall–Kier alpha value is -2.24. The van der Waals surface area contributed by atoms with Gasteiger partial charge in [-0.25, -0.2) is 19.7 Å². The normalized spacial score (nSPS) is 10.4. The Morgan fingerprint density at radius 3 is 2.78 bits per heavy atom. The van der Waals surface area contributed by atoms with Gasteiger partial charge < -0.3 is 9.30 Å². The van der Waals surface area contributed by atoms with E-state index in [1.807, 2.05) is 17.8 Å². The van der Waals surface area contributed by atoms with E-state index in [0.29, 0.717) is 29.5 Å². The summed E-state index contributed by atoms with van der Waals surface area (Å²) in [6.45, 7) is 3.84. The molecule has 2 aromatic rings. The van der Waals surface area contributed by atoms with Crippen LogP contribution in [0, 0.1) is 6.92 Å². The number of hydrogen-bond acceptors (Lipinski definition) is 5. The number of ether oxygens (including phenoxy) is 1. The molecule has 0 spiro atoms. The second-order valence-corrected chi connectivity index (χ2v) is 3.77. The first-order valence-corrected chi connectivity index (χ1v) is 5.62. The van der Waals surface area contributed by atoms with Crippen molar-refractivity contribution < 1.29 is 9.53 Å². The van der Waals surface area contributed by atoms with Gasteiger partial charge in [-0.15, -0.1) is 0 Å². The molecule has 0 unspecified atom stereocenters. The highest BCUT2D eigenvalue weighted by Crippen LogP contribution is 2.14. The number of rotatable bonds is 3. The highest BCUT2D eigenvalue weighted by molar-refractivity contribution is 5.90. The van der Waals surface area contributed by atoms with Crippen molar-refractivity contribution in [2.24, 2.45) is 7.05 Å². The summed E-state index contributed by atoms with van der Waals surface area (Å²) in [5, 5.41) is 0. The Morgan fingerprint density at radius 1 is 1.44 bits per heavy atom. The van der Waals surface area contributed by atoms with Crippen molar-refractivity contribution in [3.8, 4) is 11.6 Å². The quantitative estimate of drug-likeness (QED) is 0.765. The van der Waals surface area contributed by atoms with Gasteiger partial charge in [-0.3, -0.25) is 0 Å². The van der Waals surface area contributed by atoms with Crippen LogP contribution in [0.15, 0.2) is 18.6 Å². The number of nitrogens with zero attached hydrogens (tertiary/aromatic N) is 4. The molecule has 0 bridgehead atoms. The number of carbonyl (C=O) groups excluding carboxylic acids is 1. The predicted molar refractivity (Wildman–Crippen MR) is 64.9 cm³/mol. The first kappa shape index (κ1) is 12.2. The van der Waals surface area contributed by atoms with Gasteiger partial charge in [0, 0.05) is 25.6 Å². The van der Waals surface area contributed by atoms with Crippen LogP contribution in [0.1, 0.15) is 23.0 Å². The largest absolute Gasteiger partial charge is 0.462 e. The fourth-order valence-electron chi connectivity index (χ4n) is 1.57. The average Bonchev–Trinajstić information content (AvgIpc) is 2.75. The molecular formula is C12H14N4O2. The summed E-state index contributed by atoms with van der Waals surface area (Å²) in [5.41, 5.74) is 0.969. The molecule has 0 radical (unpaired) electrons. The third-order valence-electron chi connectivity index (χ3n) is 2.50. The van der Waals surface area contributed by atoms with Crippen LogP contribution in [-0.4, -0.2) is 32.1 Å². The summed E-state index contributed by atoms with van der Waals surface area (Å²) in [4.78, 5) is 24.2. The zero-order valence-electron chi connectivity index (χ0n) is 10.5. The van der Waals surface area contributed by atoms with E-state index in [2.05, 4.69) is 15.0 Å². The van der Waals surface area contributed by atoms with E-state index in [1.165, 1.54) is 6.20 Å². The summed E-state index contributed by atoms with van der Waals surface area (Å²) >= 11 is 0. The minimum absolute atomic E-state index is 0.333. The van der Waals surface area contributed by atoms with Crippen molar-refractivity contribution in [2.45, 2.75) is 13.8 Å². The summed E-state index contributed by atoms with van der Waals surface area (Å²) in [6.07, 6.45) is 4.96. The lowest BCUT2D eigenvalue weighted by molar-refractivity contribution is 0.0524. The molecule has 0 aliphatic rings. The van der Waals surface area contributed by atoms with Crippen molar-refractivity contribution in [2.75, 3.05) is 6.61 Å². The zero-order chi connectivity index (χ0) is 13.1. The van der Waals surface area contributed by atoms with Crippen molar-refractivity contribution in [1.82, 2.24) is 19.5 Å². The van der Waals surface area contributed by atoms with Crippen molar-refractivity contribution >= 4 is 5.97 Å². The van der Waals surface area contributed by atoms with E-state index >= 15 is 0 Å². The first-order chi connectivity index (χ1) is 8.63. The summed E-state index contributed by atoms with van der Waals surface area (Å²) in [5.74, 6) is 0.753. The average molecular weight is 246 g/mol. The Balaban J connectivity index is 2.36. The van der Waals surface area contributed by atoms with E-state index in [9.17, 15) is 4.79 Å². The highest BCUT2D eigenvalue weighted by atomic mass is 16.5. The monoisotopic (exact) mass is 246 g/mol. The van der Waals surface area contributed by atoms with Crippen LogP contribution in [0.4, 0.5) is 0 Å². The van der Waals surface area contributed by atoms with Crippen LogP contribution in [0.5, 0.6) is 0 Å². The molecule has 2 aromatic heterocycles. The molecule has 2 rings (SSSR count). The molecule has 0 N–H and O–H groups in total. The van der Waals surface area contributed by atoms with Crippen LogP contribution >= 0.6 is 0 Å². The molecule has 94 valence electrons. The first-order valence-electron chi connectivity index (χ1n) is 5.62. The number of imidazole rings is 1. The molecule has 6 nitrogen and oxygen atoms in total. The maximum atomic E-state index is 11.6. The summed E-state index contributed by atoms with van der Waals surface area (Å²) < 4.78 is 6.74. The SMILES string of the molecule is CCOC(=O)c1cnc(-c2nccn2C)nc1C. The molecule has 0 aliphatic carbocycles. The predicted octanol–water partition coefficient (Wildman–Crippen LogP) is 1.36. The van der Waals surface area contributed by atoms with Crippen molar-refractivity contribution in [3.05, 3.63) is 29.8 Å². The molecule has 0 amide bonds. The molecule has 0 saturated heterocycles. The lowest BCUT2D eigenvalue weighted by Gasteiger charge is -2.06. The molecule has 18 heavy (non-hydrogen) atoms. The molecule has 0 aliphatic heterocycles. The fourth-order valence-corrected chi connectivity index (χ4v) is 1.57. The minimum atomic E-state index is -0.401. The van der Waals surface area contributed by atoms with Crippen molar-refractivity contribution in [3.63, 3.8) is 0 Å². The van der Waals surface area contributed by atoms with Gasteiger partial charge in [0.2, 0.25) is 0 Å². The number of hydrogen-bond donors (Lipinski definition) is 0. The molecule has 2 heterocycles. The van der Waals surface area contributed by atoms with Crippen LogP contribution in [0.2, 0.25) is 0 Å². The topological polar surface area (TPSA) is 69.9 Å². The summed E-state index contributed by atoms with van der Waals surface area (Å²) in [7, 11) is 1.86. The van der Waals surface area contributed by atoms with Crippen LogP contribution in [0.3, 0.4) is 0 Å². The van der Waals surface area contributed by atoms with Gasteiger partial charge in [-0.05, 0) is 13.8 Å². The van der Waals surface area contributed by atoms with Crippen LogP contribution in [0.25, 0.3) is 11.6 Å². The van der Waals surface area contributed by atoms with Crippen molar-refractivity contribution in [1.29, 1.82) is 0 Å². The standard InChI is InChI=1S/C12H14N4O2/c1-4-18-12(17)9-7-14-10(15-8(9)2)11-13-5-6-16(11)3/h5-7H,4H2,1-3H3. The minimum Gasteiger partial charge on any atom is -0.462 e. The highest BCUT2D eigenvalue weighted by Gasteiger charge is 2.14. The Labute approximate surface area is 105 Å². The van der Waals surface area contributed by atoms with Gasteiger partial charge in [-0.1, -0.05) is 0 Å².